The summed E-state index contributed by atoms with van der Waals surface area (Å²) in [5, 5.41) is 0. The van der Waals surface area contributed by atoms with Gasteiger partial charge in [-0.2, -0.15) is 13.2 Å². The van der Waals surface area contributed by atoms with Gasteiger partial charge in [-0.15, -0.1) is 0 Å². The van der Waals surface area contributed by atoms with Crippen LogP contribution in [-0.2, 0) is 12.7 Å². The molecular formula is C12H10F3N3O. The Morgan fingerprint density at radius 3 is 2.05 bits per heavy atom. The first-order chi connectivity index (χ1) is 8.99. The van der Waals surface area contributed by atoms with Crippen LogP contribution in [0, 0.1) is 0 Å². The molecule has 0 aliphatic rings. The van der Waals surface area contributed by atoms with Crippen LogP contribution in [-0.4, -0.2) is 9.97 Å². The van der Waals surface area contributed by atoms with Crippen LogP contribution in [0.15, 0.2) is 36.7 Å². The highest BCUT2D eigenvalue weighted by Crippen LogP contribution is 2.29. The Morgan fingerprint density at radius 2 is 1.63 bits per heavy atom. The van der Waals surface area contributed by atoms with E-state index in [2.05, 4.69) is 9.97 Å². The van der Waals surface area contributed by atoms with Crippen LogP contribution >= 0.6 is 0 Å². The van der Waals surface area contributed by atoms with Crippen LogP contribution in [0.4, 0.5) is 13.2 Å². The number of hydrogen-bond donors (Lipinski definition) is 1. The van der Waals surface area contributed by atoms with E-state index < -0.39 is 11.7 Å². The van der Waals surface area contributed by atoms with E-state index in [1.165, 1.54) is 6.20 Å². The van der Waals surface area contributed by atoms with Crippen molar-refractivity contribution in [3.05, 3.63) is 47.8 Å². The third kappa shape index (κ3) is 3.41. The first-order valence-electron chi connectivity index (χ1n) is 5.35. The molecule has 4 nitrogen and oxygen atoms in total. The molecule has 0 aliphatic heterocycles. The number of halogens is 3. The lowest BCUT2D eigenvalue weighted by Gasteiger charge is -2.07. The predicted octanol–water partition coefficient (Wildman–Crippen LogP) is 2.75. The van der Waals surface area contributed by atoms with Crippen LogP contribution in [0.3, 0.4) is 0 Å². The molecule has 2 heterocycles. The number of nitrogens with two attached hydrogens (primary N) is 1. The quantitative estimate of drug-likeness (QED) is 0.930. The van der Waals surface area contributed by atoms with Gasteiger partial charge < -0.3 is 10.5 Å². The van der Waals surface area contributed by atoms with E-state index in [4.69, 9.17) is 10.5 Å². The predicted molar refractivity (Wildman–Crippen MR) is 61.4 cm³/mol. The Bertz CT molecular complexity index is 538. The van der Waals surface area contributed by atoms with E-state index in [1.807, 2.05) is 0 Å². The number of rotatable bonds is 3. The summed E-state index contributed by atoms with van der Waals surface area (Å²) in [6.45, 7) is 0.353. The summed E-state index contributed by atoms with van der Waals surface area (Å²) in [5.41, 5.74) is 5.41. The first kappa shape index (κ1) is 13.3. The molecule has 0 saturated carbocycles. The van der Waals surface area contributed by atoms with Gasteiger partial charge in [0.2, 0.25) is 11.8 Å². The zero-order valence-corrected chi connectivity index (χ0v) is 9.69. The van der Waals surface area contributed by atoms with E-state index in [1.54, 1.807) is 12.1 Å². The summed E-state index contributed by atoms with van der Waals surface area (Å²) in [4.78, 5) is 7.53. The van der Waals surface area contributed by atoms with Gasteiger partial charge in [0, 0.05) is 31.1 Å². The molecule has 2 aromatic rings. The molecule has 0 aromatic carbocycles. The van der Waals surface area contributed by atoms with E-state index in [0.29, 0.717) is 12.7 Å². The van der Waals surface area contributed by atoms with E-state index in [9.17, 15) is 13.2 Å². The number of aromatic nitrogens is 2. The minimum absolute atomic E-state index is 0.0426. The highest BCUT2D eigenvalue weighted by atomic mass is 19.4. The van der Waals surface area contributed by atoms with Crippen molar-refractivity contribution in [2.24, 2.45) is 5.73 Å². The van der Waals surface area contributed by atoms with Crippen molar-refractivity contribution in [2.45, 2.75) is 12.7 Å². The van der Waals surface area contributed by atoms with Crippen LogP contribution in [0.1, 0.15) is 11.1 Å². The Labute approximate surface area is 107 Å². The lowest BCUT2D eigenvalue weighted by Crippen LogP contribution is -2.05. The van der Waals surface area contributed by atoms with E-state index in [-0.39, 0.29) is 11.8 Å². The summed E-state index contributed by atoms with van der Waals surface area (Å²) < 4.78 is 42.2. The Balaban J connectivity index is 2.10. The molecule has 0 unspecified atom stereocenters. The van der Waals surface area contributed by atoms with Gasteiger partial charge in [0.15, 0.2) is 0 Å². The second-order valence-corrected chi connectivity index (χ2v) is 3.69. The van der Waals surface area contributed by atoms with Gasteiger partial charge in [-0.25, -0.2) is 9.97 Å². The van der Waals surface area contributed by atoms with Crippen molar-refractivity contribution in [2.75, 3.05) is 0 Å². The minimum atomic E-state index is -4.41. The van der Waals surface area contributed by atoms with Gasteiger partial charge in [0.05, 0.1) is 5.56 Å². The number of ether oxygens (including phenoxy) is 1. The van der Waals surface area contributed by atoms with Crippen molar-refractivity contribution in [3.8, 4) is 11.8 Å². The van der Waals surface area contributed by atoms with Gasteiger partial charge in [-0.3, -0.25) is 0 Å². The molecule has 100 valence electrons. The van der Waals surface area contributed by atoms with Crippen molar-refractivity contribution in [1.29, 1.82) is 0 Å². The second-order valence-electron chi connectivity index (χ2n) is 3.69. The van der Waals surface area contributed by atoms with Crippen molar-refractivity contribution < 1.29 is 17.9 Å². The van der Waals surface area contributed by atoms with Gasteiger partial charge in [-0.05, 0) is 11.6 Å². The lowest BCUT2D eigenvalue weighted by molar-refractivity contribution is -0.137. The summed E-state index contributed by atoms with van der Waals surface area (Å²) in [5.74, 6) is 0.283. The topological polar surface area (TPSA) is 61.0 Å². The molecule has 0 amide bonds. The largest absolute Gasteiger partial charge is 0.421 e. The Hall–Kier alpha value is -2.15. The van der Waals surface area contributed by atoms with Gasteiger partial charge in [-0.1, -0.05) is 6.07 Å². The maximum Gasteiger partial charge on any atom is 0.417 e. The average molecular weight is 269 g/mol. The smallest absolute Gasteiger partial charge is 0.417 e. The van der Waals surface area contributed by atoms with Gasteiger partial charge >= 0.3 is 6.18 Å². The fourth-order valence-corrected chi connectivity index (χ4v) is 1.31. The SMILES string of the molecule is NCc1ccc(Oc2ccc(C(F)(F)F)cn2)nc1. The highest BCUT2D eigenvalue weighted by Gasteiger charge is 2.30. The van der Waals surface area contributed by atoms with Crippen LogP contribution in [0.5, 0.6) is 11.8 Å². The second kappa shape index (κ2) is 5.23. The van der Waals surface area contributed by atoms with Crippen molar-refractivity contribution in [3.63, 3.8) is 0 Å². The normalized spacial score (nSPS) is 11.4. The molecule has 0 atom stereocenters. The molecule has 0 spiro atoms. The van der Waals surface area contributed by atoms with Crippen LogP contribution in [0.25, 0.3) is 0 Å². The standard InChI is InChI=1S/C12H10F3N3O/c13-12(14,15)9-2-4-11(18-7-9)19-10-3-1-8(5-16)6-17-10/h1-4,6-7H,5,16H2. The Morgan fingerprint density at radius 1 is 1.00 bits per heavy atom. The molecule has 2 N–H and O–H groups in total. The highest BCUT2D eigenvalue weighted by molar-refractivity contribution is 5.25. The fraction of sp³-hybridized carbons (Fsp3) is 0.167. The molecule has 0 fully saturated rings. The minimum Gasteiger partial charge on any atom is -0.421 e. The number of pyridine rings is 2. The van der Waals surface area contributed by atoms with Gasteiger partial charge in [0.25, 0.3) is 0 Å². The molecule has 0 saturated heterocycles. The number of nitrogens with zero attached hydrogens (tertiary/aromatic N) is 2. The molecule has 0 bridgehead atoms. The monoisotopic (exact) mass is 269 g/mol. The molecular weight excluding hydrogens is 259 g/mol. The summed E-state index contributed by atoms with van der Waals surface area (Å²) in [6, 6.07) is 5.33. The van der Waals surface area contributed by atoms with Crippen molar-refractivity contribution in [1.82, 2.24) is 9.97 Å². The number of hydrogen-bond acceptors (Lipinski definition) is 4. The van der Waals surface area contributed by atoms with Gasteiger partial charge in [0.1, 0.15) is 0 Å². The van der Waals surface area contributed by atoms with Crippen LogP contribution < -0.4 is 10.5 Å². The lowest BCUT2D eigenvalue weighted by atomic mass is 10.3. The summed E-state index contributed by atoms with van der Waals surface area (Å²) >= 11 is 0. The van der Waals surface area contributed by atoms with E-state index in [0.717, 1.165) is 17.7 Å². The molecule has 2 rings (SSSR count). The molecule has 0 aliphatic carbocycles. The third-order valence-corrected chi connectivity index (χ3v) is 2.31. The maximum absolute atomic E-state index is 12.3. The summed E-state index contributed by atoms with van der Waals surface area (Å²) in [7, 11) is 0. The molecule has 7 heteroatoms. The summed E-state index contributed by atoms with van der Waals surface area (Å²) in [6.07, 6.45) is -2.17. The zero-order chi connectivity index (χ0) is 13.9. The van der Waals surface area contributed by atoms with Crippen molar-refractivity contribution >= 4 is 0 Å². The zero-order valence-electron chi connectivity index (χ0n) is 9.69. The molecule has 2 aromatic heterocycles. The van der Waals surface area contributed by atoms with E-state index >= 15 is 0 Å². The Kier molecular flexibility index (Phi) is 3.66. The molecule has 0 radical (unpaired) electrons. The average Bonchev–Trinajstić information content (AvgIpc) is 2.39. The van der Waals surface area contributed by atoms with Crippen LogP contribution in [0.2, 0.25) is 0 Å². The first-order valence-corrected chi connectivity index (χ1v) is 5.35. The molecule has 19 heavy (non-hydrogen) atoms. The fourth-order valence-electron chi connectivity index (χ4n) is 1.31. The number of alkyl halides is 3. The third-order valence-electron chi connectivity index (χ3n) is 2.31. The maximum atomic E-state index is 12.3.